The first-order chi connectivity index (χ1) is 14.6. The minimum absolute atomic E-state index is 0.225. The van der Waals surface area contributed by atoms with Crippen molar-refractivity contribution in [1.82, 2.24) is 9.97 Å². The maximum absolute atomic E-state index is 11.6. The fourth-order valence-electron chi connectivity index (χ4n) is 4.74. The fourth-order valence-corrected chi connectivity index (χ4v) is 4.74. The van der Waals surface area contributed by atoms with Crippen LogP contribution in [0, 0.1) is 11.3 Å². The molecule has 1 aliphatic carbocycles. The Bertz CT molecular complexity index is 1020. The number of aliphatic carboxylic acids is 1. The predicted octanol–water partition coefficient (Wildman–Crippen LogP) is 4.74. The summed E-state index contributed by atoms with van der Waals surface area (Å²) in [5.41, 5.74) is 8.19. The van der Waals surface area contributed by atoms with Crippen molar-refractivity contribution in [1.29, 1.82) is 0 Å². The Hall–Kier alpha value is -2.96. The molecule has 2 aromatic rings. The lowest BCUT2D eigenvalue weighted by molar-refractivity contribution is -0.150. The van der Waals surface area contributed by atoms with E-state index in [-0.39, 0.29) is 5.92 Å². The molecule has 0 saturated heterocycles. The normalized spacial score (nSPS) is 22.8. The summed E-state index contributed by atoms with van der Waals surface area (Å²) < 4.78 is 6.07. The second-order valence-electron chi connectivity index (χ2n) is 9.68. The van der Waals surface area contributed by atoms with Gasteiger partial charge >= 0.3 is 5.97 Å². The van der Waals surface area contributed by atoms with Crippen LogP contribution in [0.2, 0.25) is 0 Å². The van der Waals surface area contributed by atoms with E-state index in [9.17, 15) is 9.90 Å². The first-order valence-electron chi connectivity index (χ1n) is 10.8. The molecule has 164 valence electrons. The summed E-state index contributed by atoms with van der Waals surface area (Å²) in [5, 5.41) is 9.51. The van der Waals surface area contributed by atoms with E-state index < -0.39 is 17.0 Å². The number of ether oxygens (including phenoxy) is 1. The highest BCUT2D eigenvalue weighted by Crippen LogP contribution is 2.44. The number of nitrogens with two attached hydrogens (primary N) is 1. The smallest absolute Gasteiger partial charge is 0.309 e. The third kappa shape index (κ3) is 3.89. The van der Waals surface area contributed by atoms with Crippen LogP contribution in [0.1, 0.15) is 70.4 Å². The first kappa shape index (κ1) is 21.3. The van der Waals surface area contributed by atoms with Gasteiger partial charge in [-0.2, -0.15) is 4.98 Å². The highest BCUT2D eigenvalue weighted by molar-refractivity contribution is 6.09. The van der Waals surface area contributed by atoms with Gasteiger partial charge in [-0.1, -0.05) is 24.3 Å². The summed E-state index contributed by atoms with van der Waals surface area (Å²) >= 11 is 0. The molecule has 7 heteroatoms. The molecule has 0 amide bonds. The molecule has 0 radical (unpaired) electrons. The molecule has 1 fully saturated rings. The van der Waals surface area contributed by atoms with E-state index in [2.05, 4.69) is 34.2 Å². The van der Waals surface area contributed by atoms with Crippen LogP contribution in [0.5, 0.6) is 5.88 Å². The number of rotatable bonds is 4. The number of hydrogen-bond acceptors (Lipinski definition) is 6. The molecule has 2 aliphatic rings. The van der Waals surface area contributed by atoms with Gasteiger partial charge in [-0.25, -0.2) is 9.98 Å². The topological polar surface area (TPSA) is 111 Å². The Balaban J connectivity index is 1.53. The highest BCUT2D eigenvalue weighted by atomic mass is 16.5. The monoisotopic (exact) mass is 422 g/mol. The molecule has 7 nitrogen and oxygen atoms in total. The number of benzene rings is 1. The van der Waals surface area contributed by atoms with Gasteiger partial charge < -0.3 is 15.6 Å². The molecule has 4 rings (SSSR count). The van der Waals surface area contributed by atoms with Gasteiger partial charge in [-0.15, -0.1) is 0 Å². The lowest BCUT2D eigenvalue weighted by Gasteiger charge is -2.36. The van der Waals surface area contributed by atoms with Crippen molar-refractivity contribution in [3.05, 3.63) is 41.7 Å². The molecule has 0 bridgehead atoms. The molecule has 2 heterocycles. The Morgan fingerprint density at radius 1 is 1.13 bits per heavy atom. The van der Waals surface area contributed by atoms with E-state index in [1.807, 2.05) is 27.7 Å². The van der Waals surface area contributed by atoms with E-state index in [1.54, 1.807) is 0 Å². The van der Waals surface area contributed by atoms with Crippen molar-refractivity contribution in [2.45, 2.75) is 64.9 Å². The number of nitrogens with zero attached hydrogens (tertiary/aromatic N) is 3. The zero-order valence-electron chi connectivity index (χ0n) is 18.6. The summed E-state index contributed by atoms with van der Waals surface area (Å²) in [6.07, 6.45) is 5.28. The van der Waals surface area contributed by atoms with Gasteiger partial charge in [0.25, 0.3) is 0 Å². The molecular formula is C24H30N4O3. The fraction of sp³-hybridized carbons (Fsp3) is 0.500. The van der Waals surface area contributed by atoms with Gasteiger partial charge in [0.15, 0.2) is 11.5 Å². The van der Waals surface area contributed by atoms with Crippen molar-refractivity contribution < 1.29 is 14.6 Å². The van der Waals surface area contributed by atoms with E-state index in [1.165, 1.54) is 11.9 Å². The molecular weight excluding hydrogens is 392 g/mol. The maximum atomic E-state index is 11.6. The van der Waals surface area contributed by atoms with Crippen LogP contribution in [0.4, 0.5) is 11.5 Å². The molecule has 1 aromatic carbocycles. The minimum Gasteiger partial charge on any atom is -0.481 e. The summed E-state index contributed by atoms with van der Waals surface area (Å²) in [5.74, 6) is 0.681. The average Bonchev–Trinajstić information content (AvgIpc) is 2.73. The van der Waals surface area contributed by atoms with Crippen molar-refractivity contribution in [3.63, 3.8) is 0 Å². The van der Waals surface area contributed by atoms with Gasteiger partial charge in [-0.05, 0) is 70.8 Å². The number of carboxylic acid groups (broad SMARTS) is 1. The van der Waals surface area contributed by atoms with Crippen LogP contribution < -0.4 is 10.5 Å². The third-order valence-corrected chi connectivity index (χ3v) is 6.92. The van der Waals surface area contributed by atoms with Gasteiger partial charge in [0.05, 0.1) is 11.1 Å². The number of aliphatic imine (C=N–C) groups is 1. The Morgan fingerprint density at radius 3 is 2.39 bits per heavy atom. The van der Waals surface area contributed by atoms with E-state index in [0.29, 0.717) is 23.3 Å². The Kier molecular flexibility index (Phi) is 5.23. The summed E-state index contributed by atoms with van der Waals surface area (Å²) in [6, 6.07) is 8.47. The lowest BCUT2D eigenvalue weighted by atomic mass is 9.67. The van der Waals surface area contributed by atoms with Crippen molar-refractivity contribution in [2.75, 3.05) is 5.73 Å². The molecule has 3 N–H and O–H groups in total. The standard InChI is InChI=1S/C24H30N4O3/c1-23(2,22(29)30)17-11-9-15(10-12-17)14-5-7-16(8-6-14)19-24(3,4)31-21-18(28-19)20(25)26-13-27-21/h5-8,13,15,17H,9-12H2,1-4H3,(H,29,30)(H2,25,26,27). The quantitative estimate of drug-likeness (QED) is 0.736. The summed E-state index contributed by atoms with van der Waals surface area (Å²) in [4.78, 5) is 24.5. The van der Waals surface area contributed by atoms with Crippen molar-refractivity contribution >= 4 is 23.2 Å². The summed E-state index contributed by atoms with van der Waals surface area (Å²) in [6.45, 7) is 7.62. The predicted molar refractivity (Wildman–Crippen MR) is 120 cm³/mol. The van der Waals surface area contributed by atoms with Crippen LogP contribution >= 0.6 is 0 Å². The van der Waals surface area contributed by atoms with E-state index in [4.69, 9.17) is 15.5 Å². The second-order valence-corrected chi connectivity index (χ2v) is 9.68. The lowest BCUT2D eigenvalue weighted by Crippen LogP contribution is -2.41. The van der Waals surface area contributed by atoms with Gasteiger partial charge in [0.1, 0.15) is 11.9 Å². The number of carbonyl (C=O) groups is 1. The zero-order chi connectivity index (χ0) is 22.4. The minimum atomic E-state index is -0.703. The summed E-state index contributed by atoms with van der Waals surface area (Å²) in [7, 11) is 0. The largest absolute Gasteiger partial charge is 0.481 e. The number of carboxylic acids is 1. The van der Waals surface area contributed by atoms with Crippen LogP contribution in [-0.2, 0) is 4.79 Å². The number of hydrogen-bond donors (Lipinski definition) is 2. The van der Waals surface area contributed by atoms with Gasteiger partial charge in [0.2, 0.25) is 5.88 Å². The molecule has 0 unspecified atom stereocenters. The SMILES string of the molecule is CC1(C)Oc2ncnc(N)c2N=C1c1ccc(C2CCC(C(C)(C)C(=O)O)CC2)cc1. The molecule has 0 spiro atoms. The van der Waals surface area contributed by atoms with Crippen molar-refractivity contribution in [2.24, 2.45) is 16.3 Å². The second kappa shape index (κ2) is 7.62. The van der Waals surface area contributed by atoms with Crippen LogP contribution in [0.25, 0.3) is 0 Å². The van der Waals surface area contributed by atoms with Crippen molar-refractivity contribution in [3.8, 4) is 5.88 Å². The zero-order valence-corrected chi connectivity index (χ0v) is 18.6. The maximum Gasteiger partial charge on any atom is 0.309 e. The Labute approximate surface area is 182 Å². The number of fused-ring (bicyclic) bond motifs is 1. The van der Waals surface area contributed by atoms with Gasteiger partial charge in [-0.3, -0.25) is 4.79 Å². The molecule has 1 aliphatic heterocycles. The Morgan fingerprint density at radius 2 is 1.77 bits per heavy atom. The van der Waals surface area contributed by atoms with E-state index in [0.717, 1.165) is 37.0 Å². The number of nitrogen functional groups attached to an aromatic ring is 1. The number of anilines is 1. The highest BCUT2D eigenvalue weighted by Gasteiger charge is 2.39. The first-order valence-corrected chi connectivity index (χ1v) is 10.8. The molecule has 31 heavy (non-hydrogen) atoms. The van der Waals surface area contributed by atoms with Crippen LogP contribution in [0.15, 0.2) is 35.6 Å². The third-order valence-electron chi connectivity index (χ3n) is 6.92. The van der Waals surface area contributed by atoms with E-state index >= 15 is 0 Å². The number of aromatic nitrogens is 2. The van der Waals surface area contributed by atoms with Crippen LogP contribution in [-0.4, -0.2) is 32.4 Å². The van der Waals surface area contributed by atoms with Gasteiger partial charge in [0, 0.05) is 5.56 Å². The molecule has 1 saturated carbocycles. The van der Waals surface area contributed by atoms with Crippen LogP contribution in [0.3, 0.4) is 0 Å². The molecule has 0 atom stereocenters. The average molecular weight is 423 g/mol. The molecule has 1 aromatic heterocycles.